The van der Waals surface area contributed by atoms with Crippen molar-refractivity contribution < 1.29 is 0 Å². The van der Waals surface area contributed by atoms with Crippen molar-refractivity contribution in [1.29, 1.82) is 0 Å². The number of nitrogens with zero attached hydrogens (tertiary/aromatic N) is 1. The summed E-state index contributed by atoms with van der Waals surface area (Å²) in [6.45, 7) is 0. The van der Waals surface area contributed by atoms with Crippen LogP contribution in [0, 0.1) is 4.64 Å². The van der Waals surface area contributed by atoms with Crippen LogP contribution in [-0.4, -0.2) is 9.97 Å². The van der Waals surface area contributed by atoms with Gasteiger partial charge in [0.15, 0.2) is 0 Å². The number of aromatic nitrogens is 2. The van der Waals surface area contributed by atoms with Crippen molar-refractivity contribution in [2.24, 2.45) is 0 Å². The van der Waals surface area contributed by atoms with Crippen molar-refractivity contribution in [1.82, 2.24) is 9.97 Å². The van der Waals surface area contributed by atoms with Crippen LogP contribution in [0.1, 0.15) is 0 Å². The molecule has 2 nitrogen and oxygen atoms in total. The lowest BCUT2D eigenvalue weighted by Crippen LogP contribution is -1.81. The molecular weight excluding hydrogens is 224 g/mol. The van der Waals surface area contributed by atoms with Crippen LogP contribution in [0.2, 0.25) is 4.34 Å². The second-order valence-corrected chi connectivity index (χ2v) is 4.52. The summed E-state index contributed by atoms with van der Waals surface area (Å²) in [6, 6.07) is 3.79. The van der Waals surface area contributed by atoms with Crippen LogP contribution in [0.5, 0.6) is 0 Å². The summed E-state index contributed by atoms with van der Waals surface area (Å²) >= 11 is 12.4. The first kappa shape index (κ1) is 8.87. The summed E-state index contributed by atoms with van der Waals surface area (Å²) in [4.78, 5) is 7.89. The van der Waals surface area contributed by atoms with E-state index >= 15 is 0 Å². The lowest BCUT2D eigenvalue weighted by molar-refractivity contribution is 1.16. The molecule has 0 aromatic carbocycles. The van der Waals surface area contributed by atoms with Gasteiger partial charge < -0.3 is 4.98 Å². The van der Waals surface area contributed by atoms with E-state index < -0.39 is 0 Å². The van der Waals surface area contributed by atoms with Gasteiger partial charge >= 0.3 is 0 Å². The second-order valence-electron chi connectivity index (χ2n) is 2.40. The summed E-state index contributed by atoms with van der Waals surface area (Å²) in [5, 5.41) is 0. The van der Waals surface area contributed by atoms with Gasteiger partial charge in [-0.1, -0.05) is 23.8 Å². The number of thiophene rings is 1. The average Bonchev–Trinajstić information content (AvgIpc) is 2.53. The molecule has 1 N–H and O–H groups in total. The zero-order chi connectivity index (χ0) is 9.26. The molecule has 0 aliphatic carbocycles. The van der Waals surface area contributed by atoms with E-state index in [1.807, 2.05) is 12.1 Å². The zero-order valence-electron chi connectivity index (χ0n) is 6.45. The van der Waals surface area contributed by atoms with Gasteiger partial charge in [-0.2, -0.15) is 0 Å². The monoisotopic (exact) mass is 228 g/mol. The molecular formula is C8H5ClN2S2. The van der Waals surface area contributed by atoms with Crippen molar-refractivity contribution in [2.45, 2.75) is 0 Å². The van der Waals surface area contributed by atoms with Crippen molar-refractivity contribution in [3.63, 3.8) is 0 Å². The van der Waals surface area contributed by atoms with Gasteiger partial charge in [-0.15, -0.1) is 11.3 Å². The SMILES string of the molecule is S=c1[nH]cncc1-c1ccc(Cl)s1. The van der Waals surface area contributed by atoms with Gasteiger partial charge in [-0.05, 0) is 12.1 Å². The third kappa shape index (κ3) is 1.80. The predicted octanol–water partition coefficient (Wildman–Crippen LogP) is 3.52. The molecule has 0 saturated carbocycles. The van der Waals surface area contributed by atoms with E-state index in [2.05, 4.69) is 9.97 Å². The molecule has 0 unspecified atom stereocenters. The molecule has 66 valence electrons. The Morgan fingerprint density at radius 3 is 2.92 bits per heavy atom. The second kappa shape index (κ2) is 3.57. The Hall–Kier alpha value is -0.710. The molecule has 0 atom stereocenters. The molecule has 0 aliphatic heterocycles. The maximum absolute atomic E-state index is 5.82. The lowest BCUT2D eigenvalue weighted by atomic mass is 10.3. The molecule has 5 heteroatoms. The first-order chi connectivity index (χ1) is 6.27. The normalized spacial score (nSPS) is 10.2. The lowest BCUT2D eigenvalue weighted by Gasteiger charge is -1.94. The van der Waals surface area contributed by atoms with Crippen LogP contribution in [0.15, 0.2) is 24.7 Å². The number of hydrogen-bond acceptors (Lipinski definition) is 3. The minimum Gasteiger partial charge on any atom is -0.337 e. The number of nitrogens with one attached hydrogen (secondary N) is 1. The summed E-state index contributed by atoms with van der Waals surface area (Å²) in [6.07, 6.45) is 3.31. The van der Waals surface area contributed by atoms with E-state index in [9.17, 15) is 0 Å². The third-order valence-corrected chi connectivity index (χ3v) is 3.16. The summed E-state index contributed by atoms with van der Waals surface area (Å²) in [7, 11) is 0. The average molecular weight is 229 g/mol. The summed E-state index contributed by atoms with van der Waals surface area (Å²) in [5.41, 5.74) is 0.925. The number of halogens is 1. The largest absolute Gasteiger partial charge is 0.337 e. The fraction of sp³-hybridized carbons (Fsp3) is 0. The number of hydrogen-bond donors (Lipinski definition) is 1. The van der Waals surface area contributed by atoms with Gasteiger partial charge in [0.1, 0.15) is 4.64 Å². The van der Waals surface area contributed by atoms with E-state index in [1.54, 1.807) is 12.5 Å². The van der Waals surface area contributed by atoms with Gasteiger partial charge in [0.05, 0.1) is 10.7 Å². The van der Waals surface area contributed by atoms with Crippen molar-refractivity contribution >= 4 is 35.2 Å². The fourth-order valence-corrected chi connectivity index (χ4v) is 2.32. The Balaban J connectivity index is 2.59. The fourth-order valence-electron chi connectivity index (χ4n) is 0.979. The summed E-state index contributed by atoms with van der Waals surface area (Å²) in [5.74, 6) is 0. The summed E-state index contributed by atoms with van der Waals surface area (Å²) < 4.78 is 1.45. The van der Waals surface area contributed by atoms with E-state index in [0.717, 1.165) is 14.8 Å². The molecule has 2 aromatic heterocycles. The Morgan fingerprint density at radius 2 is 2.31 bits per heavy atom. The highest BCUT2D eigenvalue weighted by Crippen LogP contribution is 2.30. The minimum atomic E-state index is 0.688. The van der Waals surface area contributed by atoms with Crippen LogP contribution in [0.3, 0.4) is 0 Å². The van der Waals surface area contributed by atoms with Gasteiger partial charge in [-0.25, -0.2) is 4.98 Å². The maximum Gasteiger partial charge on any atom is 0.114 e. The molecule has 0 aliphatic rings. The quantitative estimate of drug-likeness (QED) is 0.757. The number of aromatic amines is 1. The van der Waals surface area contributed by atoms with E-state index in [4.69, 9.17) is 23.8 Å². The third-order valence-electron chi connectivity index (χ3n) is 1.56. The molecule has 2 heterocycles. The minimum absolute atomic E-state index is 0.688. The Morgan fingerprint density at radius 1 is 1.46 bits per heavy atom. The molecule has 2 aromatic rings. The maximum atomic E-state index is 5.82. The molecule has 0 fully saturated rings. The molecule has 0 saturated heterocycles. The number of H-pyrrole nitrogens is 1. The highest BCUT2D eigenvalue weighted by molar-refractivity contribution is 7.71. The Bertz CT molecular complexity index is 475. The molecule has 0 amide bonds. The molecule has 2 rings (SSSR count). The van der Waals surface area contributed by atoms with Gasteiger partial charge in [0, 0.05) is 16.6 Å². The smallest absolute Gasteiger partial charge is 0.114 e. The van der Waals surface area contributed by atoms with Gasteiger partial charge in [0.2, 0.25) is 0 Å². The predicted molar refractivity (Wildman–Crippen MR) is 57.7 cm³/mol. The van der Waals surface area contributed by atoms with Crippen LogP contribution < -0.4 is 0 Å². The van der Waals surface area contributed by atoms with Crippen LogP contribution in [0.4, 0.5) is 0 Å². The van der Waals surface area contributed by atoms with Crippen LogP contribution >= 0.6 is 35.2 Å². The van der Waals surface area contributed by atoms with Gasteiger partial charge in [0.25, 0.3) is 0 Å². The van der Waals surface area contributed by atoms with E-state index in [0.29, 0.717) is 4.64 Å². The topological polar surface area (TPSA) is 28.7 Å². The van der Waals surface area contributed by atoms with Crippen LogP contribution in [-0.2, 0) is 0 Å². The Kier molecular flexibility index (Phi) is 2.44. The van der Waals surface area contributed by atoms with Crippen molar-refractivity contribution in [3.05, 3.63) is 33.6 Å². The van der Waals surface area contributed by atoms with Gasteiger partial charge in [-0.3, -0.25) is 0 Å². The first-order valence-corrected chi connectivity index (χ1v) is 5.16. The first-order valence-electron chi connectivity index (χ1n) is 3.56. The van der Waals surface area contributed by atoms with Crippen molar-refractivity contribution in [2.75, 3.05) is 0 Å². The molecule has 0 spiro atoms. The molecule has 0 bridgehead atoms. The van der Waals surface area contributed by atoms with E-state index in [-0.39, 0.29) is 0 Å². The van der Waals surface area contributed by atoms with Crippen molar-refractivity contribution in [3.8, 4) is 10.4 Å². The van der Waals surface area contributed by atoms with E-state index in [1.165, 1.54) is 11.3 Å². The number of rotatable bonds is 1. The Labute approximate surface area is 89.2 Å². The highest BCUT2D eigenvalue weighted by Gasteiger charge is 2.02. The highest BCUT2D eigenvalue weighted by atomic mass is 35.5. The molecule has 13 heavy (non-hydrogen) atoms. The standard InChI is InChI=1S/C8H5ClN2S2/c9-7-2-1-6(13-7)5-3-10-4-11-8(5)12/h1-4H,(H,10,11,12). The molecule has 0 radical (unpaired) electrons. The zero-order valence-corrected chi connectivity index (χ0v) is 8.84. The van der Waals surface area contributed by atoms with Crippen LogP contribution in [0.25, 0.3) is 10.4 Å².